The Kier molecular flexibility index (Phi) is 10.7. The summed E-state index contributed by atoms with van der Waals surface area (Å²) >= 11 is 0. The Hall–Kier alpha value is -2.04. The van der Waals surface area contributed by atoms with Crippen LogP contribution in [0, 0.1) is 0 Å². The zero-order valence-electron chi connectivity index (χ0n) is 17.9. The first-order chi connectivity index (χ1) is 15.7. The standard InChI is InChI=1S/C18H25N3O9.C2H6O/c22-7-12-15(26)16(27)17(28)18(30-12)29-8-11(23)14(25)13(24)10-6-19-21(20-10)9-4-2-1-3-5-9;1-2-3/h1-6,11-18,22-28H,7-8H2;3H,2H2,1H3. The van der Waals surface area contributed by atoms with Crippen LogP contribution in [0.4, 0.5) is 0 Å². The molecule has 186 valence electrons. The molecule has 1 fully saturated rings. The molecule has 3 rings (SSSR count). The van der Waals surface area contributed by atoms with Crippen molar-refractivity contribution in [3.05, 3.63) is 42.2 Å². The number of hydrogen-bond donors (Lipinski definition) is 8. The maximum Gasteiger partial charge on any atom is 0.186 e. The van der Waals surface area contributed by atoms with E-state index in [0.717, 1.165) is 0 Å². The van der Waals surface area contributed by atoms with Crippen molar-refractivity contribution in [2.75, 3.05) is 19.8 Å². The number of benzene rings is 1. The third kappa shape index (κ3) is 6.97. The third-order valence-corrected chi connectivity index (χ3v) is 4.80. The van der Waals surface area contributed by atoms with Crippen molar-refractivity contribution in [3.63, 3.8) is 0 Å². The lowest BCUT2D eigenvalue weighted by atomic mass is 9.99. The van der Waals surface area contributed by atoms with E-state index in [9.17, 15) is 30.6 Å². The Morgan fingerprint density at radius 1 is 1.03 bits per heavy atom. The van der Waals surface area contributed by atoms with E-state index in [0.29, 0.717) is 5.69 Å². The topological polar surface area (TPSA) is 211 Å². The van der Waals surface area contributed by atoms with Gasteiger partial charge in [0.2, 0.25) is 0 Å². The molecule has 1 aliphatic rings. The highest BCUT2D eigenvalue weighted by Crippen LogP contribution is 2.23. The van der Waals surface area contributed by atoms with Gasteiger partial charge >= 0.3 is 0 Å². The monoisotopic (exact) mass is 473 g/mol. The molecule has 2 heterocycles. The molecule has 0 amide bonds. The van der Waals surface area contributed by atoms with E-state index in [4.69, 9.17) is 19.7 Å². The number of nitrogens with zero attached hydrogens (tertiary/aromatic N) is 3. The lowest BCUT2D eigenvalue weighted by molar-refractivity contribution is -0.306. The largest absolute Gasteiger partial charge is 0.397 e. The van der Waals surface area contributed by atoms with Crippen LogP contribution in [-0.4, -0.2) is 119 Å². The molecule has 33 heavy (non-hydrogen) atoms. The van der Waals surface area contributed by atoms with E-state index in [2.05, 4.69) is 10.2 Å². The molecule has 0 aliphatic carbocycles. The van der Waals surface area contributed by atoms with E-state index in [1.807, 2.05) is 6.07 Å². The molecule has 1 aliphatic heterocycles. The van der Waals surface area contributed by atoms with Crippen LogP contribution in [0.25, 0.3) is 5.69 Å². The van der Waals surface area contributed by atoms with Gasteiger partial charge < -0.3 is 50.3 Å². The first-order valence-electron chi connectivity index (χ1n) is 10.3. The number of para-hydroxylation sites is 1. The van der Waals surface area contributed by atoms with Gasteiger partial charge in [0.05, 0.1) is 25.1 Å². The first-order valence-corrected chi connectivity index (χ1v) is 10.3. The summed E-state index contributed by atoms with van der Waals surface area (Å²) in [6, 6.07) is 8.87. The Labute approximate surface area is 189 Å². The van der Waals surface area contributed by atoms with Crippen LogP contribution in [-0.2, 0) is 9.47 Å². The van der Waals surface area contributed by atoms with E-state index in [1.165, 1.54) is 11.0 Å². The number of aliphatic hydroxyl groups is 8. The number of ether oxygens (including phenoxy) is 2. The molecular formula is C20H31N3O10. The van der Waals surface area contributed by atoms with Crippen molar-refractivity contribution in [2.45, 2.75) is 55.9 Å². The molecule has 13 nitrogen and oxygen atoms in total. The fraction of sp³-hybridized carbons (Fsp3) is 0.600. The van der Waals surface area contributed by atoms with Crippen LogP contribution in [0.3, 0.4) is 0 Å². The van der Waals surface area contributed by atoms with Gasteiger partial charge in [0.1, 0.15) is 48.4 Å². The molecule has 0 saturated carbocycles. The van der Waals surface area contributed by atoms with Crippen LogP contribution in [0.1, 0.15) is 18.7 Å². The van der Waals surface area contributed by atoms with Crippen molar-refractivity contribution < 1.29 is 50.3 Å². The molecule has 0 spiro atoms. The molecular weight excluding hydrogens is 442 g/mol. The second kappa shape index (κ2) is 13.0. The van der Waals surface area contributed by atoms with Crippen molar-refractivity contribution >= 4 is 0 Å². The molecule has 2 aromatic rings. The molecule has 1 aromatic carbocycles. The molecule has 1 saturated heterocycles. The summed E-state index contributed by atoms with van der Waals surface area (Å²) in [5, 5.41) is 84.9. The lowest BCUT2D eigenvalue weighted by Gasteiger charge is -2.40. The minimum absolute atomic E-state index is 0.0123. The van der Waals surface area contributed by atoms with Gasteiger partial charge in [0.25, 0.3) is 0 Å². The highest BCUT2D eigenvalue weighted by Gasteiger charge is 2.44. The van der Waals surface area contributed by atoms with Crippen molar-refractivity contribution in [1.29, 1.82) is 0 Å². The average molecular weight is 473 g/mol. The Bertz CT molecular complexity index is 808. The Morgan fingerprint density at radius 2 is 1.67 bits per heavy atom. The number of aliphatic hydroxyl groups excluding tert-OH is 8. The van der Waals surface area contributed by atoms with Gasteiger partial charge in [-0.15, -0.1) is 0 Å². The third-order valence-electron chi connectivity index (χ3n) is 4.80. The fourth-order valence-corrected chi connectivity index (χ4v) is 2.98. The summed E-state index contributed by atoms with van der Waals surface area (Å²) in [6.45, 7) is 0.708. The fourth-order valence-electron chi connectivity index (χ4n) is 2.98. The summed E-state index contributed by atoms with van der Waals surface area (Å²) in [5.74, 6) is 0. The van der Waals surface area contributed by atoms with Gasteiger partial charge in [-0.25, -0.2) is 0 Å². The van der Waals surface area contributed by atoms with Gasteiger partial charge in [0, 0.05) is 6.61 Å². The minimum atomic E-state index is -1.71. The molecule has 0 radical (unpaired) electrons. The summed E-state index contributed by atoms with van der Waals surface area (Å²) in [5.41, 5.74) is 0.648. The molecule has 0 bridgehead atoms. The maximum absolute atomic E-state index is 10.3. The van der Waals surface area contributed by atoms with Gasteiger partial charge in [-0.1, -0.05) is 18.2 Å². The molecule has 13 heteroatoms. The zero-order valence-corrected chi connectivity index (χ0v) is 17.9. The lowest BCUT2D eigenvalue weighted by Crippen LogP contribution is -2.59. The second-order valence-electron chi connectivity index (χ2n) is 7.24. The van der Waals surface area contributed by atoms with Gasteiger partial charge in [0.15, 0.2) is 6.29 Å². The molecule has 8 unspecified atom stereocenters. The smallest absolute Gasteiger partial charge is 0.186 e. The second-order valence-corrected chi connectivity index (χ2v) is 7.24. The normalized spacial score (nSPS) is 27.8. The number of rotatable bonds is 8. The molecule has 8 atom stereocenters. The SMILES string of the molecule is CCO.OCC1OC(OCC(O)C(O)C(O)c2cnn(-c3ccccc3)n2)C(O)C(O)C1O. The predicted octanol–water partition coefficient (Wildman–Crippen LogP) is -3.16. The summed E-state index contributed by atoms with van der Waals surface area (Å²) in [4.78, 5) is 1.25. The van der Waals surface area contributed by atoms with Crippen LogP contribution in [0.2, 0.25) is 0 Å². The quantitative estimate of drug-likeness (QED) is 0.191. The number of hydrogen-bond acceptors (Lipinski definition) is 12. The van der Waals surface area contributed by atoms with Gasteiger partial charge in [-0.2, -0.15) is 15.0 Å². The van der Waals surface area contributed by atoms with Gasteiger partial charge in [-0.05, 0) is 19.1 Å². The summed E-state index contributed by atoms with van der Waals surface area (Å²) in [7, 11) is 0. The van der Waals surface area contributed by atoms with Crippen molar-refractivity contribution in [2.24, 2.45) is 0 Å². The Balaban J connectivity index is 0.00000122. The number of aromatic nitrogens is 3. The van der Waals surface area contributed by atoms with Crippen molar-refractivity contribution in [3.8, 4) is 5.69 Å². The first kappa shape index (κ1) is 27.2. The highest BCUT2D eigenvalue weighted by molar-refractivity contribution is 5.28. The van der Waals surface area contributed by atoms with E-state index in [1.54, 1.807) is 31.2 Å². The minimum Gasteiger partial charge on any atom is -0.397 e. The van der Waals surface area contributed by atoms with Crippen molar-refractivity contribution in [1.82, 2.24) is 15.0 Å². The van der Waals surface area contributed by atoms with E-state index in [-0.39, 0.29) is 12.3 Å². The summed E-state index contributed by atoms with van der Waals surface area (Å²) in [6.07, 6.45) is -11.2. The molecule has 8 N–H and O–H groups in total. The molecule has 1 aromatic heterocycles. The maximum atomic E-state index is 10.3. The average Bonchev–Trinajstić information content (AvgIpc) is 3.32. The van der Waals surface area contributed by atoms with E-state index >= 15 is 0 Å². The predicted molar refractivity (Wildman–Crippen MR) is 111 cm³/mol. The van der Waals surface area contributed by atoms with Gasteiger partial charge in [-0.3, -0.25) is 0 Å². The zero-order chi connectivity index (χ0) is 24.5. The van der Waals surface area contributed by atoms with E-state index < -0.39 is 62.2 Å². The van der Waals surface area contributed by atoms with Crippen LogP contribution in [0.5, 0.6) is 0 Å². The van der Waals surface area contributed by atoms with Crippen LogP contribution >= 0.6 is 0 Å². The van der Waals surface area contributed by atoms with Crippen LogP contribution < -0.4 is 0 Å². The summed E-state index contributed by atoms with van der Waals surface area (Å²) < 4.78 is 10.3. The van der Waals surface area contributed by atoms with Crippen LogP contribution in [0.15, 0.2) is 36.5 Å². The highest BCUT2D eigenvalue weighted by atomic mass is 16.7. The Morgan fingerprint density at radius 3 is 2.27 bits per heavy atom.